The van der Waals surface area contributed by atoms with Gasteiger partial charge in [0.15, 0.2) is 11.5 Å². The Balaban J connectivity index is 1.96. The van der Waals surface area contributed by atoms with Crippen LogP contribution in [0.3, 0.4) is 0 Å². The first-order chi connectivity index (χ1) is 9.56. The van der Waals surface area contributed by atoms with Gasteiger partial charge in [-0.1, -0.05) is 6.92 Å². The maximum Gasteiger partial charge on any atom is 0.274 e. The van der Waals surface area contributed by atoms with Gasteiger partial charge in [-0.15, -0.1) is 0 Å². The molecule has 1 aromatic rings. The van der Waals surface area contributed by atoms with E-state index in [-0.39, 0.29) is 34.7 Å². The Hall–Kier alpha value is -2.31. The summed E-state index contributed by atoms with van der Waals surface area (Å²) >= 11 is 0. The molecule has 0 spiro atoms. The Bertz CT molecular complexity index is 586. The second-order valence-electron chi connectivity index (χ2n) is 5.07. The summed E-state index contributed by atoms with van der Waals surface area (Å²) in [6, 6.07) is 2.66. The number of nitro groups is 1. The Kier molecular flexibility index (Phi) is 2.96. The van der Waals surface area contributed by atoms with E-state index in [0.717, 1.165) is 6.42 Å². The van der Waals surface area contributed by atoms with E-state index in [1.807, 2.05) is 6.92 Å². The van der Waals surface area contributed by atoms with Crippen molar-refractivity contribution in [1.82, 2.24) is 5.32 Å². The van der Waals surface area contributed by atoms with Gasteiger partial charge in [0.1, 0.15) is 13.2 Å². The van der Waals surface area contributed by atoms with E-state index in [0.29, 0.717) is 19.1 Å². The second-order valence-corrected chi connectivity index (χ2v) is 5.07. The predicted molar refractivity (Wildman–Crippen MR) is 69.1 cm³/mol. The third-order valence-electron chi connectivity index (χ3n) is 3.51. The molecule has 0 radical (unpaired) electrons. The van der Waals surface area contributed by atoms with E-state index in [2.05, 4.69) is 5.32 Å². The SMILES string of the molecule is C[C@@H]1C[C@H]1NC(=O)c1cc([N+](=O)[O-])cc2c1OCCO2. The molecule has 106 valence electrons. The number of nitrogens with one attached hydrogen (secondary N) is 1. The molecule has 1 heterocycles. The third-order valence-corrected chi connectivity index (χ3v) is 3.51. The third kappa shape index (κ3) is 2.26. The molecule has 20 heavy (non-hydrogen) atoms. The molecule has 1 aliphatic carbocycles. The first-order valence-electron chi connectivity index (χ1n) is 6.45. The second kappa shape index (κ2) is 4.66. The molecule has 7 nitrogen and oxygen atoms in total. The van der Waals surface area contributed by atoms with E-state index < -0.39 is 4.92 Å². The predicted octanol–water partition coefficient (Wildman–Crippen LogP) is 1.50. The zero-order valence-corrected chi connectivity index (χ0v) is 10.9. The van der Waals surface area contributed by atoms with Crippen LogP contribution in [0.15, 0.2) is 12.1 Å². The monoisotopic (exact) mass is 278 g/mol. The Morgan fingerprint density at radius 2 is 2.10 bits per heavy atom. The number of nitro benzene ring substituents is 1. The fourth-order valence-corrected chi connectivity index (χ4v) is 2.18. The van der Waals surface area contributed by atoms with Crippen LogP contribution < -0.4 is 14.8 Å². The molecule has 0 unspecified atom stereocenters. The number of ether oxygens (including phenoxy) is 2. The summed E-state index contributed by atoms with van der Waals surface area (Å²) in [5.41, 5.74) is -0.0174. The fraction of sp³-hybridized carbons (Fsp3) is 0.462. The lowest BCUT2D eigenvalue weighted by Crippen LogP contribution is -2.28. The van der Waals surface area contributed by atoms with Crippen molar-refractivity contribution in [3.05, 3.63) is 27.8 Å². The summed E-state index contributed by atoms with van der Waals surface area (Å²) in [6.45, 7) is 2.67. The highest BCUT2D eigenvalue weighted by atomic mass is 16.6. The number of benzene rings is 1. The highest BCUT2D eigenvalue weighted by Crippen LogP contribution is 2.38. The molecule has 1 aliphatic heterocycles. The average Bonchev–Trinajstić information content (AvgIpc) is 3.12. The smallest absolute Gasteiger partial charge is 0.274 e. The van der Waals surface area contributed by atoms with Gasteiger partial charge in [-0.05, 0) is 12.3 Å². The molecule has 0 aromatic heterocycles. The summed E-state index contributed by atoms with van der Waals surface area (Å²) < 4.78 is 10.8. The number of carbonyl (C=O) groups excluding carboxylic acids is 1. The van der Waals surface area contributed by atoms with Gasteiger partial charge >= 0.3 is 0 Å². The van der Waals surface area contributed by atoms with Crippen molar-refractivity contribution in [1.29, 1.82) is 0 Å². The quantitative estimate of drug-likeness (QED) is 0.668. The van der Waals surface area contributed by atoms with Crippen LogP contribution in [0.4, 0.5) is 5.69 Å². The number of hydrogen-bond acceptors (Lipinski definition) is 5. The van der Waals surface area contributed by atoms with Crippen LogP contribution in [0.2, 0.25) is 0 Å². The standard InChI is InChI=1S/C13H14N2O5/c1-7-4-10(7)14-13(16)9-5-8(15(17)18)6-11-12(9)20-3-2-19-11/h5-7,10H,2-4H2,1H3,(H,14,16)/t7-,10-/m1/s1. The van der Waals surface area contributed by atoms with Crippen LogP contribution in [0.1, 0.15) is 23.7 Å². The van der Waals surface area contributed by atoms with Gasteiger partial charge in [-0.3, -0.25) is 14.9 Å². The number of fused-ring (bicyclic) bond motifs is 1. The van der Waals surface area contributed by atoms with E-state index in [9.17, 15) is 14.9 Å². The van der Waals surface area contributed by atoms with Crippen molar-refractivity contribution in [3.63, 3.8) is 0 Å². The van der Waals surface area contributed by atoms with Crippen molar-refractivity contribution >= 4 is 11.6 Å². The van der Waals surface area contributed by atoms with E-state index in [1.165, 1.54) is 12.1 Å². The van der Waals surface area contributed by atoms with E-state index in [4.69, 9.17) is 9.47 Å². The summed E-state index contributed by atoms with van der Waals surface area (Å²) in [4.78, 5) is 22.6. The molecule has 1 N–H and O–H groups in total. The maximum absolute atomic E-state index is 12.2. The normalized spacial score (nSPS) is 23.1. The van der Waals surface area contributed by atoms with Gasteiger partial charge in [-0.2, -0.15) is 0 Å². The fourth-order valence-electron chi connectivity index (χ4n) is 2.18. The van der Waals surface area contributed by atoms with Crippen LogP contribution in [0.5, 0.6) is 11.5 Å². The zero-order valence-electron chi connectivity index (χ0n) is 10.9. The average molecular weight is 278 g/mol. The number of hydrogen-bond donors (Lipinski definition) is 1. The highest BCUT2D eigenvalue weighted by Gasteiger charge is 2.35. The molecule has 1 amide bonds. The number of rotatable bonds is 3. The lowest BCUT2D eigenvalue weighted by Gasteiger charge is -2.20. The minimum absolute atomic E-state index is 0.141. The molecule has 0 bridgehead atoms. The first-order valence-corrected chi connectivity index (χ1v) is 6.45. The topological polar surface area (TPSA) is 90.7 Å². The Morgan fingerprint density at radius 1 is 1.40 bits per heavy atom. The summed E-state index contributed by atoms with van der Waals surface area (Å²) in [5, 5.41) is 13.8. The summed E-state index contributed by atoms with van der Waals surface area (Å²) in [6.07, 6.45) is 0.931. The molecule has 1 aromatic carbocycles. The van der Waals surface area contributed by atoms with Crippen LogP contribution in [-0.2, 0) is 0 Å². The molecule has 3 rings (SSSR count). The molecular weight excluding hydrogens is 264 g/mol. The molecular formula is C13H14N2O5. The number of non-ortho nitro benzene ring substituents is 1. The van der Waals surface area contributed by atoms with Crippen molar-refractivity contribution in [2.75, 3.05) is 13.2 Å². The Morgan fingerprint density at radius 3 is 2.75 bits per heavy atom. The Labute approximate surface area is 115 Å². The van der Waals surface area contributed by atoms with E-state index in [1.54, 1.807) is 0 Å². The van der Waals surface area contributed by atoms with E-state index >= 15 is 0 Å². The molecule has 2 atom stereocenters. The largest absolute Gasteiger partial charge is 0.486 e. The van der Waals surface area contributed by atoms with Gasteiger partial charge in [-0.25, -0.2) is 0 Å². The minimum atomic E-state index is -0.547. The lowest BCUT2D eigenvalue weighted by molar-refractivity contribution is -0.385. The molecule has 1 saturated carbocycles. The maximum atomic E-state index is 12.2. The van der Waals surface area contributed by atoms with Gasteiger partial charge in [0.05, 0.1) is 16.6 Å². The number of carbonyl (C=O) groups is 1. The van der Waals surface area contributed by atoms with Crippen LogP contribution in [0.25, 0.3) is 0 Å². The zero-order chi connectivity index (χ0) is 14.3. The van der Waals surface area contributed by atoms with Crippen molar-refractivity contribution < 1.29 is 19.2 Å². The van der Waals surface area contributed by atoms with Crippen molar-refractivity contribution in [3.8, 4) is 11.5 Å². The summed E-state index contributed by atoms with van der Waals surface area (Å²) in [5.74, 6) is 0.627. The lowest BCUT2D eigenvalue weighted by atomic mass is 10.1. The number of amides is 1. The van der Waals surface area contributed by atoms with Crippen molar-refractivity contribution in [2.24, 2.45) is 5.92 Å². The van der Waals surface area contributed by atoms with Crippen LogP contribution >= 0.6 is 0 Å². The van der Waals surface area contributed by atoms with Gasteiger partial charge in [0, 0.05) is 12.1 Å². The van der Waals surface area contributed by atoms with Gasteiger partial charge < -0.3 is 14.8 Å². The molecule has 1 fully saturated rings. The molecule has 2 aliphatic rings. The first kappa shape index (κ1) is 12.7. The highest BCUT2D eigenvalue weighted by molar-refractivity contribution is 5.99. The number of nitrogens with zero attached hydrogens (tertiary/aromatic N) is 1. The van der Waals surface area contributed by atoms with Crippen molar-refractivity contribution in [2.45, 2.75) is 19.4 Å². The van der Waals surface area contributed by atoms with Gasteiger partial charge in [0.25, 0.3) is 11.6 Å². The minimum Gasteiger partial charge on any atom is -0.486 e. The summed E-state index contributed by atoms with van der Waals surface area (Å²) in [7, 11) is 0. The van der Waals surface area contributed by atoms with Crippen LogP contribution in [-0.4, -0.2) is 30.1 Å². The molecule has 7 heteroatoms. The van der Waals surface area contributed by atoms with Crippen LogP contribution in [0, 0.1) is 16.0 Å². The van der Waals surface area contributed by atoms with Gasteiger partial charge in [0.2, 0.25) is 0 Å². The molecule has 0 saturated heterocycles.